The lowest BCUT2D eigenvalue weighted by Gasteiger charge is -2.30. The van der Waals surface area contributed by atoms with E-state index < -0.39 is 11.8 Å². The van der Waals surface area contributed by atoms with Crippen LogP contribution < -0.4 is 4.74 Å². The maximum Gasteiger partial charge on any atom is 0.334 e. The minimum absolute atomic E-state index is 0.154. The van der Waals surface area contributed by atoms with E-state index in [0.29, 0.717) is 12.2 Å². The molecule has 1 unspecified atom stereocenters. The number of carboxylic acids is 1. The van der Waals surface area contributed by atoms with Crippen molar-refractivity contribution in [3.8, 4) is 5.75 Å². The summed E-state index contributed by atoms with van der Waals surface area (Å²) >= 11 is 0. The molecule has 0 fully saturated rings. The number of para-hydroxylation sites is 1. The largest absolute Gasteiger partial charge is 0.478 e. The van der Waals surface area contributed by atoms with Gasteiger partial charge >= 0.3 is 5.97 Å². The second-order valence-corrected chi connectivity index (χ2v) is 9.14. The first-order chi connectivity index (χ1) is 24.2. The fourth-order valence-electron chi connectivity index (χ4n) is 2.36. The van der Waals surface area contributed by atoms with Crippen molar-refractivity contribution in [3.63, 3.8) is 0 Å². The molecule has 314 valence electrons. The van der Waals surface area contributed by atoms with E-state index in [4.69, 9.17) is 60.5 Å². The molecular weight excluding hydrogens is 664 g/mol. The van der Waals surface area contributed by atoms with Gasteiger partial charge in [0.2, 0.25) is 5.79 Å². The second-order valence-electron chi connectivity index (χ2n) is 9.14. The van der Waals surface area contributed by atoms with E-state index in [1.54, 1.807) is 62.3 Å². The maximum absolute atomic E-state index is 10.9. The van der Waals surface area contributed by atoms with Gasteiger partial charge in [0.1, 0.15) is 5.75 Å². The predicted octanol–water partition coefficient (Wildman–Crippen LogP) is 5.52. The van der Waals surface area contributed by atoms with Crippen molar-refractivity contribution in [2.24, 2.45) is 0 Å². The number of hydrogen-bond donors (Lipinski definition) is 10. The van der Waals surface area contributed by atoms with Crippen molar-refractivity contribution in [2.75, 3.05) is 59.5 Å². The summed E-state index contributed by atoms with van der Waals surface area (Å²) < 4.78 is 11.7. The molecule has 51 heavy (non-hydrogen) atoms. The molecule has 1 aromatic rings. The van der Waals surface area contributed by atoms with Gasteiger partial charge < -0.3 is 60.5 Å². The third-order valence-corrected chi connectivity index (χ3v) is 3.88. The zero-order valence-electron chi connectivity index (χ0n) is 34.5. The molecule has 13 heteroatoms. The van der Waals surface area contributed by atoms with Crippen molar-refractivity contribution in [1.82, 2.24) is 0 Å². The van der Waals surface area contributed by atoms with Crippen LogP contribution in [0.2, 0.25) is 0 Å². The first kappa shape index (κ1) is 70.3. The highest BCUT2D eigenvalue weighted by molar-refractivity contribution is 5.85. The predicted molar refractivity (Wildman–Crippen MR) is 211 cm³/mol. The molecule has 0 amide bonds. The normalized spacial score (nSPS) is 9.78. The number of carbonyl (C=O) groups is 1. The summed E-state index contributed by atoms with van der Waals surface area (Å²) in [7, 11) is 0. The third kappa shape index (κ3) is 113. The number of unbranched alkanes of at least 4 members (excludes halogenated alkanes) is 5. The number of aliphatic hydroxyl groups is 9. The van der Waals surface area contributed by atoms with Gasteiger partial charge in [0, 0.05) is 72.8 Å². The van der Waals surface area contributed by atoms with Gasteiger partial charge in [-0.1, -0.05) is 57.2 Å². The Morgan fingerprint density at radius 3 is 1.16 bits per heavy atom. The Morgan fingerprint density at radius 2 is 0.863 bits per heavy atom. The number of aliphatic hydroxyl groups excluding tert-OH is 9. The van der Waals surface area contributed by atoms with E-state index >= 15 is 0 Å². The van der Waals surface area contributed by atoms with Gasteiger partial charge in [0.15, 0.2) is 0 Å². The molecule has 0 bridgehead atoms. The molecule has 0 aliphatic rings. The van der Waals surface area contributed by atoms with Crippen LogP contribution in [0, 0.1) is 0 Å². The molecule has 0 aromatic heterocycles. The number of hydrogen-bond acceptors (Lipinski definition) is 12. The molecule has 0 saturated carbocycles. The fourth-order valence-corrected chi connectivity index (χ4v) is 2.36. The summed E-state index contributed by atoms with van der Waals surface area (Å²) in [5.74, 6) is -1.15. The average Bonchev–Trinajstić information content (AvgIpc) is 3.06. The number of rotatable bonds is 12. The number of ether oxygens (including phenoxy) is 2. The number of carboxylic acid groups (broad SMARTS) is 1. The number of benzene rings is 1. The molecule has 10 N–H and O–H groups in total. The Kier molecular flexibility index (Phi) is 106. The molecule has 0 spiro atoms. The standard InChI is InChI=1S/C20H30O4.9C2H6O/c1-4-5-6-7-8-12-15-20(3,23-16-17(2)19(21)22)24-18-13-10-9-11-14-18;9*1-2-3/h9-11,13-14,16H,4-8,12,15H2,1-3H3,(H,21,22);9*3H,2H2,1H3. The Labute approximate surface area is 312 Å². The first-order valence-corrected chi connectivity index (χ1v) is 18.0. The fraction of sp³-hybridized carbons (Fsp3) is 0.763. The van der Waals surface area contributed by atoms with Crippen LogP contribution in [0.5, 0.6) is 5.75 Å². The van der Waals surface area contributed by atoms with E-state index in [1.165, 1.54) is 38.9 Å². The van der Waals surface area contributed by atoms with E-state index in [0.717, 1.165) is 12.8 Å². The first-order valence-electron chi connectivity index (χ1n) is 18.0. The molecule has 1 aromatic carbocycles. The van der Waals surface area contributed by atoms with Crippen LogP contribution in [0.1, 0.15) is 128 Å². The highest BCUT2D eigenvalue weighted by atomic mass is 16.7. The lowest BCUT2D eigenvalue weighted by Crippen LogP contribution is -2.34. The van der Waals surface area contributed by atoms with E-state index in [-0.39, 0.29) is 65.0 Å². The summed E-state index contributed by atoms with van der Waals surface area (Å²) in [5, 5.41) is 77.1. The molecule has 0 aliphatic heterocycles. The zero-order chi connectivity index (χ0) is 42.2. The minimum Gasteiger partial charge on any atom is -0.478 e. The van der Waals surface area contributed by atoms with Gasteiger partial charge in [-0.15, -0.1) is 0 Å². The van der Waals surface area contributed by atoms with Crippen LogP contribution >= 0.6 is 0 Å². The Morgan fingerprint density at radius 1 is 0.569 bits per heavy atom. The third-order valence-electron chi connectivity index (χ3n) is 3.88. The van der Waals surface area contributed by atoms with Crippen molar-refractivity contribution < 1.29 is 65.3 Å². The van der Waals surface area contributed by atoms with Crippen molar-refractivity contribution in [2.45, 2.75) is 134 Å². The lowest BCUT2D eigenvalue weighted by molar-refractivity contribution is -0.140. The van der Waals surface area contributed by atoms with Gasteiger partial charge in [-0.2, -0.15) is 0 Å². The minimum atomic E-state index is -0.989. The van der Waals surface area contributed by atoms with Crippen molar-refractivity contribution >= 4 is 5.97 Å². The van der Waals surface area contributed by atoms with Crippen LogP contribution in [-0.4, -0.2) is 122 Å². The second kappa shape index (κ2) is 77.2. The topological polar surface area (TPSA) is 238 Å². The van der Waals surface area contributed by atoms with E-state index in [2.05, 4.69) is 6.92 Å². The summed E-state index contributed by atoms with van der Waals surface area (Å²) in [6.45, 7) is 22.9. The van der Waals surface area contributed by atoms with Gasteiger partial charge in [0.05, 0.1) is 11.8 Å². The van der Waals surface area contributed by atoms with Gasteiger partial charge in [-0.3, -0.25) is 0 Å². The molecule has 0 radical (unpaired) electrons. The van der Waals surface area contributed by atoms with E-state index in [9.17, 15) is 4.79 Å². The van der Waals surface area contributed by atoms with Gasteiger partial charge in [-0.05, 0) is 87.8 Å². The molecular formula is C38H84O13. The van der Waals surface area contributed by atoms with Gasteiger partial charge in [0.25, 0.3) is 0 Å². The molecule has 0 heterocycles. The smallest absolute Gasteiger partial charge is 0.334 e. The van der Waals surface area contributed by atoms with Crippen molar-refractivity contribution in [1.29, 1.82) is 0 Å². The van der Waals surface area contributed by atoms with Crippen LogP contribution in [0.4, 0.5) is 0 Å². The van der Waals surface area contributed by atoms with Gasteiger partial charge in [-0.25, -0.2) is 4.79 Å². The van der Waals surface area contributed by atoms with Crippen LogP contribution in [0.25, 0.3) is 0 Å². The average molecular weight is 749 g/mol. The monoisotopic (exact) mass is 749 g/mol. The lowest BCUT2D eigenvalue weighted by atomic mass is 10.1. The highest BCUT2D eigenvalue weighted by Gasteiger charge is 2.27. The molecule has 1 rings (SSSR count). The van der Waals surface area contributed by atoms with Crippen LogP contribution in [0.3, 0.4) is 0 Å². The Balaban J connectivity index is -0.0000000758. The van der Waals surface area contributed by atoms with Crippen LogP contribution in [-0.2, 0) is 9.53 Å². The van der Waals surface area contributed by atoms with Crippen LogP contribution in [0.15, 0.2) is 42.2 Å². The summed E-state index contributed by atoms with van der Waals surface area (Å²) in [5.41, 5.74) is 0.154. The van der Waals surface area contributed by atoms with Crippen molar-refractivity contribution in [3.05, 3.63) is 42.2 Å². The quantitative estimate of drug-likeness (QED) is 0.0549. The number of aliphatic carboxylic acids is 1. The molecule has 13 nitrogen and oxygen atoms in total. The Bertz CT molecular complexity index is 636. The molecule has 1 atom stereocenters. The summed E-state index contributed by atoms with van der Waals surface area (Å²) in [4.78, 5) is 10.9. The van der Waals surface area contributed by atoms with E-state index in [1.807, 2.05) is 37.3 Å². The summed E-state index contributed by atoms with van der Waals surface area (Å²) in [6, 6.07) is 9.47. The molecule has 0 saturated heterocycles. The highest BCUT2D eigenvalue weighted by Crippen LogP contribution is 2.26. The SMILES string of the molecule is CCCCCCCCC(C)(OC=C(C)C(=O)O)Oc1ccccc1.CCO.CCO.CCO.CCO.CCO.CCO.CCO.CCO.CCO. The summed E-state index contributed by atoms with van der Waals surface area (Å²) in [6.07, 6.45) is 9.06. The molecule has 0 aliphatic carbocycles. The maximum atomic E-state index is 10.9. The Hall–Kier alpha value is -2.33. The zero-order valence-corrected chi connectivity index (χ0v) is 34.5.